The van der Waals surface area contributed by atoms with Crippen LogP contribution in [-0.2, 0) is 0 Å². The molecule has 5 heteroatoms. The molecule has 5 nitrogen and oxygen atoms in total. The van der Waals surface area contributed by atoms with Gasteiger partial charge in [-0.25, -0.2) is 0 Å². The Hall–Kier alpha value is -1.78. The molecular formula is C14H20N4O. The molecule has 1 saturated carbocycles. The summed E-state index contributed by atoms with van der Waals surface area (Å²) in [6.45, 7) is 1.04. The van der Waals surface area contributed by atoms with Crippen LogP contribution < -0.4 is 10.6 Å². The molecule has 19 heavy (non-hydrogen) atoms. The normalized spacial score (nSPS) is 27.4. The molecule has 1 aliphatic carbocycles. The summed E-state index contributed by atoms with van der Waals surface area (Å²) in [5.74, 6) is 0.964. The number of hydrogen-bond acceptors (Lipinski definition) is 4. The number of nitrogens with zero attached hydrogens (tertiary/aromatic N) is 3. The van der Waals surface area contributed by atoms with Crippen molar-refractivity contribution in [3.05, 3.63) is 24.0 Å². The van der Waals surface area contributed by atoms with Crippen molar-refractivity contribution in [1.82, 2.24) is 4.98 Å². The smallest absolute Gasteiger partial charge is 0.172 e. The number of piperidine rings is 1. The van der Waals surface area contributed by atoms with Gasteiger partial charge in [-0.2, -0.15) is 0 Å². The standard InChI is InChI=1S/C14H20N4O/c15-14(17-19)11-6-7-16-9-13(11)18-8-2-4-10-3-1-5-12(10)18/h6-7,9-10,12,19H,1-5,8H2,(H2,15,17). The van der Waals surface area contributed by atoms with Crippen molar-refractivity contribution in [1.29, 1.82) is 0 Å². The van der Waals surface area contributed by atoms with E-state index in [-0.39, 0.29) is 5.84 Å². The van der Waals surface area contributed by atoms with Gasteiger partial charge in [-0.3, -0.25) is 4.98 Å². The maximum absolute atomic E-state index is 8.92. The van der Waals surface area contributed by atoms with Crippen molar-refractivity contribution in [2.75, 3.05) is 11.4 Å². The van der Waals surface area contributed by atoms with Crippen molar-refractivity contribution in [2.24, 2.45) is 16.8 Å². The van der Waals surface area contributed by atoms with E-state index in [0.717, 1.165) is 23.7 Å². The molecule has 2 aliphatic rings. The lowest BCUT2D eigenvalue weighted by Crippen LogP contribution is -2.43. The number of rotatable bonds is 2. The van der Waals surface area contributed by atoms with Gasteiger partial charge in [0.1, 0.15) is 0 Å². The van der Waals surface area contributed by atoms with Crippen molar-refractivity contribution in [2.45, 2.75) is 38.1 Å². The zero-order valence-corrected chi connectivity index (χ0v) is 11.0. The first-order valence-electron chi connectivity index (χ1n) is 7.00. The summed E-state index contributed by atoms with van der Waals surface area (Å²) in [6.07, 6.45) is 9.97. The van der Waals surface area contributed by atoms with E-state index in [1.807, 2.05) is 12.3 Å². The fraction of sp³-hybridized carbons (Fsp3) is 0.571. The van der Waals surface area contributed by atoms with Crippen LogP contribution in [0, 0.1) is 5.92 Å². The fourth-order valence-electron chi connectivity index (χ4n) is 3.64. The highest BCUT2D eigenvalue weighted by Gasteiger charge is 2.36. The predicted octanol–water partition coefficient (Wildman–Crippen LogP) is 1.95. The highest BCUT2D eigenvalue weighted by Crippen LogP contribution is 2.39. The molecule has 1 aromatic rings. The molecule has 2 atom stereocenters. The van der Waals surface area contributed by atoms with Crippen LogP contribution in [0.5, 0.6) is 0 Å². The lowest BCUT2D eigenvalue weighted by molar-refractivity contribution is 0.318. The van der Waals surface area contributed by atoms with E-state index in [4.69, 9.17) is 10.9 Å². The van der Waals surface area contributed by atoms with E-state index in [0.29, 0.717) is 6.04 Å². The molecular weight excluding hydrogens is 240 g/mol. The summed E-state index contributed by atoms with van der Waals surface area (Å²) in [5, 5.41) is 12.1. The zero-order chi connectivity index (χ0) is 13.2. The number of pyridine rings is 1. The quantitative estimate of drug-likeness (QED) is 0.369. The second-order valence-electron chi connectivity index (χ2n) is 5.47. The van der Waals surface area contributed by atoms with Crippen molar-refractivity contribution in [3.63, 3.8) is 0 Å². The molecule has 1 aliphatic heterocycles. The molecule has 102 valence electrons. The van der Waals surface area contributed by atoms with Crippen LogP contribution in [0.3, 0.4) is 0 Å². The Kier molecular flexibility index (Phi) is 3.27. The SMILES string of the molecule is N/C(=N/O)c1ccncc1N1CCCC2CCCC21. The van der Waals surface area contributed by atoms with Crippen LogP contribution in [0.25, 0.3) is 0 Å². The van der Waals surface area contributed by atoms with E-state index in [1.54, 1.807) is 6.20 Å². The first kappa shape index (κ1) is 12.3. The van der Waals surface area contributed by atoms with Gasteiger partial charge >= 0.3 is 0 Å². The van der Waals surface area contributed by atoms with E-state index in [1.165, 1.54) is 32.1 Å². The molecule has 2 heterocycles. The molecule has 3 N–H and O–H groups in total. The minimum Gasteiger partial charge on any atom is -0.409 e. The summed E-state index contributed by atoms with van der Waals surface area (Å²) in [6, 6.07) is 2.42. The zero-order valence-electron chi connectivity index (χ0n) is 11.0. The molecule has 1 aromatic heterocycles. The average molecular weight is 260 g/mol. The summed E-state index contributed by atoms with van der Waals surface area (Å²) < 4.78 is 0. The third kappa shape index (κ3) is 2.13. The summed E-state index contributed by atoms with van der Waals surface area (Å²) in [5.41, 5.74) is 7.58. The Balaban J connectivity index is 1.97. The van der Waals surface area contributed by atoms with Gasteiger partial charge in [0.15, 0.2) is 5.84 Å². The summed E-state index contributed by atoms with van der Waals surface area (Å²) in [4.78, 5) is 6.64. The van der Waals surface area contributed by atoms with E-state index >= 15 is 0 Å². The van der Waals surface area contributed by atoms with Crippen molar-refractivity contribution in [3.8, 4) is 0 Å². The average Bonchev–Trinajstić information content (AvgIpc) is 2.94. The van der Waals surface area contributed by atoms with Crippen LogP contribution >= 0.6 is 0 Å². The van der Waals surface area contributed by atoms with Gasteiger partial charge in [-0.1, -0.05) is 11.6 Å². The minimum absolute atomic E-state index is 0.164. The molecule has 0 spiro atoms. The molecule has 0 amide bonds. The molecule has 1 saturated heterocycles. The van der Waals surface area contributed by atoms with Gasteiger partial charge in [0.25, 0.3) is 0 Å². The number of oxime groups is 1. The van der Waals surface area contributed by atoms with Crippen LogP contribution in [0.15, 0.2) is 23.6 Å². The Labute approximate surface area is 113 Å². The van der Waals surface area contributed by atoms with Gasteiger partial charge < -0.3 is 15.8 Å². The number of hydrogen-bond donors (Lipinski definition) is 2. The predicted molar refractivity (Wildman–Crippen MR) is 74.5 cm³/mol. The minimum atomic E-state index is 0.164. The summed E-state index contributed by atoms with van der Waals surface area (Å²) >= 11 is 0. The number of anilines is 1. The molecule has 2 unspecified atom stereocenters. The van der Waals surface area contributed by atoms with E-state index in [2.05, 4.69) is 15.0 Å². The molecule has 0 radical (unpaired) electrons. The van der Waals surface area contributed by atoms with Gasteiger partial charge in [0, 0.05) is 24.3 Å². The largest absolute Gasteiger partial charge is 0.409 e. The lowest BCUT2D eigenvalue weighted by Gasteiger charge is -2.40. The lowest BCUT2D eigenvalue weighted by atomic mass is 9.91. The monoisotopic (exact) mass is 260 g/mol. The second kappa shape index (κ2) is 5.07. The van der Waals surface area contributed by atoms with Crippen LogP contribution in [0.1, 0.15) is 37.7 Å². The molecule has 0 aromatic carbocycles. The maximum Gasteiger partial charge on any atom is 0.172 e. The first-order valence-corrected chi connectivity index (χ1v) is 7.00. The van der Waals surface area contributed by atoms with Crippen LogP contribution in [-0.4, -0.2) is 28.6 Å². The number of nitrogens with two attached hydrogens (primary N) is 1. The maximum atomic E-state index is 8.92. The van der Waals surface area contributed by atoms with Crippen molar-refractivity contribution >= 4 is 11.5 Å². The Morgan fingerprint density at radius 3 is 3.05 bits per heavy atom. The highest BCUT2D eigenvalue weighted by molar-refractivity contribution is 6.02. The Morgan fingerprint density at radius 2 is 2.21 bits per heavy atom. The first-order chi connectivity index (χ1) is 9.31. The van der Waals surface area contributed by atoms with Crippen LogP contribution in [0.2, 0.25) is 0 Å². The third-order valence-electron chi connectivity index (χ3n) is 4.49. The Bertz CT molecular complexity index is 488. The number of amidine groups is 1. The van der Waals surface area contributed by atoms with E-state index < -0.39 is 0 Å². The van der Waals surface area contributed by atoms with Gasteiger partial charge in [-0.15, -0.1) is 0 Å². The number of aromatic nitrogens is 1. The molecule has 2 fully saturated rings. The van der Waals surface area contributed by atoms with Crippen LogP contribution in [0.4, 0.5) is 5.69 Å². The van der Waals surface area contributed by atoms with Crippen molar-refractivity contribution < 1.29 is 5.21 Å². The summed E-state index contributed by atoms with van der Waals surface area (Å²) in [7, 11) is 0. The second-order valence-corrected chi connectivity index (χ2v) is 5.47. The highest BCUT2D eigenvalue weighted by atomic mass is 16.4. The fourth-order valence-corrected chi connectivity index (χ4v) is 3.64. The third-order valence-corrected chi connectivity index (χ3v) is 4.49. The molecule has 3 rings (SSSR count). The topological polar surface area (TPSA) is 74.7 Å². The number of fused-ring (bicyclic) bond motifs is 1. The van der Waals surface area contributed by atoms with Gasteiger partial charge in [-0.05, 0) is 37.7 Å². The van der Waals surface area contributed by atoms with Gasteiger partial charge in [0.2, 0.25) is 0 Å². The molecule has 0 bridgehead atoms. The van der Waals surface area contributed by atoms with E-state index in [9.17, 15) is 0 Å². The Morgan fingerprint density at radius 1 is 1.37 bits per heavy atom. The van der Waals surface area contributed by atoms with Gasteiger partial charge in [0.05, 0.1) is 11.9 Å².